The van der Waals surface area contributed by atoms with Crippen LogP contribution < -0.4 is 9.64 Å². The van der Waals surface area contributed by atoms with Crippen molar-refractivity contribution in [3.63, 3.8) is 0 Å². The Hall–Kier alpha value is -1.81. The highest BCUT2D eigenvalue weighted by molar-refractivity contribution is 5.65. The predicted octanol–water partition coefficient (Wildman–Crippen LogP) is 4.02. The molecule has 3 atom stereocenters. The van der Waals surface area contributed by atoms with Crippen molar-refractivity contribution >= 4 is 11.9 Å². The lowest BCUT2D eigenvalue weighted by atomic mass is 9.80. The number of hydrogen-bond donors (Lipinski definition) is 0. The molecule has 3 aliphatic rings. The second-order valence-electron chi connectivity index (χ2n) is 8.01. The maximum atomic E-state index is 5.81. The molecule has 0 amide bonds. The summed E-state index contributed by atoms with van der Waals surface area (Å²) in [5.74, 6) is 2.51. The molecule has 0 N–H and O–H groups in total. The molecule has 0 radical (unpaired) electrons. The molecule has 3 unspecified atom stereocenters. The molecule has 0 aromatic heterocycles. The van der Waals surface area contributed by atoms with Gasteiger partial charge in [0.2, 0.25) is 0 Å². The zero-order valence-corrected chi connectivity index (χ0v) is 16.6. The lowest BCUT2D eigenvalue weighted by molar-refractivity contribution is 0.243. The highest BCUT2D eigenvalue weighted by atomic mass is 16.5. The summed E-state index contributed by atoms with van der Waals surface area (Å²) in [4.78, 5) is 9.93. The number of para-hydroxylation sites is 2. The monoisotopic (exact) mass is 367 g/mol. The molecule has 1 aromatic rings. The normalized spacial score (nSPS) is 27.7. The van der Waals surface area contributed by atoms with E-state index in [-0.39, 0.29) is 0 Å². The summed E-state index contributed by atoms with van der Waals surface area (Å²) in [7, 11) is 0. The second kappa shape index (κ2) is 8.92. The lowest BCUT2D eigenvalue weighted by Crippen LogP contribution is -2.46. The smallest absolute Gasteiger partial charge is 0.142 e. The molecule has 4 nitrogen and oxygen atoms in total. The number of allylic oxidation sites excluding steroid dienone is 2. The van der Waals surface area contributed by atoms with Gasteiger partial charge in [0, 0.05) is 38.3 Å². The van der Waals surface area contributed by atoms with Crippen molar-refractivity contribution in [3.05, 3.63) is 36.4 Å². The van der Waals surface area contributed by atoms with E-state index < -0.39 is 0 Å². The molecular weight excluding hydrogens is 334 g/mol. The van der Waals surface area contributed by atoms with Crippen molar-refractivity contribution in [2.24, 2.45) is 16.8 Å². The fourth-order valence-electron chi connectivity index (χ4n) is 4.82. The number of benzene rings is 1. The maximum absolute atomic E-state index is 5.81. The number of fused-ring (bicyclic) bond motifs is 1. The van der Waals surface area contributed by atoms with Gasteiger partial charge in [-0.25, -0.2) is 0 Å². The molecule has 0 spiro atoms. The molecule has 146 valence electrons. The highest BCUT2D eigenvalue weighted by Crippen LogP contribution is 2.35. The molecule has 0 saturated carbocycles. The average molecular weight is 368 g/mol. The summed E-state index contributed by atoms with van der Waals surface area (Å²) in [5.41, 5.74) is 1.25. The Bertz CT molecular complexity index is 663. The minimum Gasteiger partial charge on any atom is -0.492 e. The first-order chi connectivity index (χ1) is 13.3. The molecule has 27 heavy (non-hydrogen) atoms. The van der Waals surface area contributed by atoms with Crippen LogP contribution >= 0.6 is 0 Å². The first kappa shape index (κ1) is 18.5. The predicted molar refractivity (Wildman–Crippen MR) is 113 cm³/mol. The van der Waals surface area contributed by atoms with Crippen LogP contribution in [-0.2, 0) is 0 Å². The molecule has 4 rings (SSSR count). The molecule has 2 heterocycles. The Balaban J connectivity index is 1.21. The number of piperazine rings is 1. The van der Waals surface area contributed by atoms with Gasteiger partial charge in [-0.2, -0.15) is 0 Å². The topological polar surface area (TPSA) is 28.1 Å². The van der Waals surface area contributed by atoms with E-state index in [2.05, 4.69) is 59.4 Å². The van der Waals surface area contributed by atoms with Crippen molar-refractivity contribution in [1.82, 2.24) is 4.90 Å². The molecule has 0 bridgehead atoms. The Morgan fingerprint density at radius 1 is 1.07 bits per heavy atom. The number of nitrogens with zero attached hydrogens (tertiary/aromatic N) is 3. The minimum absolute atomic E-state index is 0.569. The Labute approximate surface area is 163 Å². The Morgan fingerprint density at radius 3 is 2.74 bits per heavy atom. The van der Waals surface area contributed by atoms with Crippen LogP contribution in [0.1, 0.15) is 32.6 Å². The second-order valence-corrected chi connectivity index (χ2v) is 8.01. The van der Waals surface area contributed by atoms with Gasteiger partial charge < -0.3 is 9.64 Å². The first-order valence-corrected chi connectivity index (χ1v) is 10.7. The largest absolute Gasteiger partial charge is 0.492 e. The van der Waals surface area contributed by atoms with Crippen molar-refractivity contribution in [2.75, 3.05) is 44.2 Å². The average Bonchev–Trinajstić information content (AvgIpc) is 3.13. The number of rotatable bonds is 7. The fraction of sp³-hybridized carbons (Fsp3) is 0.609. The Morgan fingerprint density at radius 2 is 1.89 bits per heavy atom. The van der Waals surface area contributed by atoms with E-state index in [0.29, 0.717) is 12.0 Å². The van der Waals surface area contributed by atoms with E-state index in [4.69, 9.17) is 9.73 Å². The van der Waals surface area contributed by atoms with E-state index in [9.17, 15) is 0 Å². The fourth-order valence-corrected chi connectivity index (χ4v) is 4.82. The standard InChI is InChI=1S/C23H33N3O/c1-2-27-23-12-6-5-11-22(23)26-16-14-25(15-17-26)13-7-10-21-20-9-4-3-8-19(20)18-24-21/h3-6,11-12,18-21H,2,7-10,13-17H2,1H3. The van der Waals surface area contributed by atoms with Gasteiger partial charge in [0.25, 0.3) is 0 Å². The summed E-state index contributed by atoms with van der Waals surface area (Å²) in [6, 6.07) is 9.01. The molecule has 1 aromatic carbocycles. The van der Waals surface area contributed by atoms with Gasteiger partial charge in [-0.15, -0.1) is 0 Å². The molecule has 4 heteroatoms. The quantitative estimate of drug-likeness (QED) is 0.681. The van der Waals surface area contributed by atoms with Crippen LogP contribution in [0.5, 0.6) is 5.75 Å². The number of aliphatic imine (C=N–C) groups is 1. The molecule has 1 fully saturated rings. The van der Waals surface area contributed by atoms with Gasteiger partial charge in [-0.05, 0) is 57.2 Å². The number of ether oxygens (including phenoxy) is 1. The van der Waals surface area contributed by atoms with Gasteiger partial charge in [-0.1, -0.05) is 24.3 Å². The van der Waals surface area contributed by atoms with Gasteiger partial charge in [0.05, 0.1) is 18.3 Å². The van der Waals surface area contributed by atoms with Gasteiger partial charge in [0.15, 0.2) is 0 Å². The summed E-state index contributed by atoms with van der Waals surface area (Å²) < 4.78 is 5.81. The van der Waals surface area contributed by atoms with Gasteiger partial charge in [-0.3, -0.25) is 9.89 Å². The highest BCUT2D eigenvalue weighted by Gasteiger charge is 2.32. The van der Waals surface area contributed by atoms with Crippen LogP contribution in [0, 0.1) is 11.8 Å². The van der Waals surface area contributed by atoms with Crippen molar-refractivity contribution < 1.29 is 4.74 Å². The van der Waals surface area contributed by atoms with Crippen LogP contribution in [0.25, 0.3) is 0 Å². The SMILES string of the molecule is CCOc1ccccc1N1CCN(CCCC2N=CC3CC=CCC32)CC1. The lowest BCUT2D eigenvalue weighted by Gasteiger charge is -2.37. The van der Waals surface area contributed by atoms with Crippen LogP contribution in [0.3, 0.4) is 0 Å². The van der Waals surface area contributed by atoms with E-state index in [0.717, 1.165) is 44.5 Å². The third-order valence-corrected chi connectivity index (χ3v) is 6.35. The third-order valence-electron chi connectivity index (χ3n) is 6.35. The molecule has 1 aliphatic carbocycles. The zero-order chi connectivity index (χ0) is 18.5. The molecule has 1 saturated heterocycles. The Kier molecular flexibility index (Phi) is 6.13. The van der Waals surface area contributed by atoms with Crippen molar-refractivity contribution in [2.45, 2.75) is 38.6 Å². The van der Waals surface area contributed by atoms with E-state index in [1.165, 1.54) is 37.9 Å². The summed E-state index contributed by atoms with van der Waals surface area (Å²) in [6.45, 7) is 8.43. The van der Waals surface area contributed by atoms with Gasteiger partial charge >= 0.3 is 0 Å². The zero-order valence-electron chi connectivity index (χ0n) is 16.6. The number of anilines is 1. The van der Waals surface area contributed by atoms with Crippen LogP contribution in [0.15, 0.2) is 41.4 Å². The molecule has 2 aliphatic heterocycles. The first-order valence-electron chi connectivity index (χ1n) is 10.7. The van der Waals surface area contributed by atoms with E-state index in [1.807, 2.05) is 0 Å². The van der Waals surface area contributed by atoms with Crippen LogP contribution in [0.2, 0.25) is 0 Å². The van der Waals surface area contributed by atoms with E-state index in [1.54, 1.807) is 0 Å². The maximum Gasteiger partial charge on any atom is 0.142 e. The summed E-state index contributed by atoms with van der Waals surface area (Å²) in [6.07, 6.45) is 11.9. The number of hydrogen-bond acceptors (Lipinski definition) is 4. The summed E-state index contributed by atoms with van der Waals surface area (Å²) >= 11 is 0. The van der Waals surface area contributed by atoms with E-state index >= 15 is 0 Å². The van der Waals surface area contributed by atoms with Crippen LogP contribution in [-0.4, -0.2) is 56.5 Å². The third kappa shape index (κ3) is 4.37. The molecular formula is C23H33N3O. The van der Waals surface area contributed by atoms with Crippen LogP contribution in [0.4, 0.5) is 5.69 Å². The minimum atomic E-state index is 0.569. The summed E-state index contributed by atoms with van der Waals surface area (Å²) in [5, 5.41) is 0. The van der Waals surface area contributed by atoms with Crippen molar-refractivity contribution in [1.29, 1.82) is 0 Å². The van der Waals surface area contributed by atoms with Gasteiger partial charge in [0.1, 0.15) is 5.75 Å². The van der Waals surface area contributed by atoms with Crippen molar-refractivity contribution in [3.8, 4) is 5.75 Å².